The van der Waals surface area contributed by atoms with Crippen molar-refractivity contribution in [1.82, 2.24) is 5.32 Å². The zero-order valence-corrected chi connectivity index (χ0v) is 21.8. The molecule has 0 atom stereocenters. The van der Waals surface area contributed by atoms with Crippen LogP contribution in [0.4, 0.5) is 0 Å². The van der Waals surface area contributed by atoms with Crippen LogP contribution in [0.2, 0.25) is 0 Å². The van der Waals surface area contributed by atoms with Crippen LogP contribution in [0.15, 0.2) is 103 Å². The minimum absolute atomic E-state index is 0.141. The predicted molar refractivity (Wildman–Crippen MR) is 151 cm³/mol. The Balaban J connectivity index is 1.37. The first-order valence-corrected chi connectivity index (χ1v) is 13.1. The first-order valence-electron chi connectivity index (χ1n) is 13.1. The highest BCUT2D eigenvalue weighted by molar-refractivity contribution is 5.95. The molecule has 0 saturated carbocycles. The van der Waals surface area contributed by atoms with Crippen LogP contribution in [0.1, 0.15) is 51.4 Å². The lowest BCUT2D eigenvalue weighted by Crippen LogP contribution is -2.26. The standard InChI is InChI=1S/C33H33NO5/c35-28-17-19-31(33(38)34-20-8-10-24-9-7-15-29(21-24)39-23-32(36)37)27(22-28)16-18-30(25-11-3-1-4-12-25)26-13-5-2-6-14-26/h1-7,9,11-15,17,19,21-22,30,35H,8,10,16,18,20,23H2,(H,34,38)(H,36,37). The van der Waals surface area contributed by atoms with E-state index in [9.17, 15) is 14.7 Å². The maximum Gasteiger partial charge on any atom is 0.341 e. The van der Waals surface area contributed by atoms with E-state index in [1.807, 2.05) is 54.6 Å². The molecule has 4 aromatic rings. The van der Waals surface area contributed by atoms with E-state index in [1.54, 1.807) is 24.3 Å². The van der Waals surface area contributed by atoms with E-state index >= 15 is 0 Å². The van der Waals surface area contributed by atoms with Crippen molar-refractivity contribution in [2.75, 3.05) is 13.2 Å². The van der Waals surface area contributed by atoms with Gasteiger partial charge >= 0.3 is 5.97 Å². The van der Waals surface area contributed by atoms with Crippen LogP contribution in [-0.4, -0.2) is 35.2 Å². The van der Waals surface area contributed by atoms with Gasteiger partial charge in [-0.3, -0.25) is 4.79 Å². The van der Waals surface area contributed by atoms with E-state index in [2.05, 4.69) is 29.6 Å². The fourth-order valence-corrected chi connectivity index (χ4v) is 4.73. The minimum atomic E-state index is -1.02. The average Bonchev–Trinajstić information content (AvgIpc) is 2.96. The van der Waals surface area contributed by atoms with Crippen molar-refractivity contribution < 1.29 is 24.5 Å². The van der Waals surface area contributed by atoms with E-state index in [0.717, 1.165) is 17.5 Å². The van der Waals surface area contributed by atoms with E-state index < -0.39 is 5.97 Å². The normalized spacial score (nSPS) is 10.8. The lowest BCUT2D eigenvalue weighted by atomic mass is 9.85. The highest BCUT2D eigenvalue weighted by atomic mass is 16.5. The Labute approximate surface area is 228 Å². The molecule has 0 radical (unpaired) electrons. The number of amides is 1. The number of benzene rings is 4. The van der Waals surface area contributed by atoms with Gasteiger partial charge in [0.2, 0.25) is 0 Å². The number of carbonyl (C=O) groups is 2. The van der Waals surface area contributed by atoms with Crippen molar-refractivity contribution in [3.8, 4) is 11.5 Å². The Hall–Kier alpha value is -4.58. The number of carboxylic acid groups (broad SMARTS) is 1. The van der Waals surface area contributed by atoms with Crippen molar-refractivity contribution in [2.24, 2.45) is 0 Å². The monoisotopic (exact) mass is 523 g/mol. The number of nitrogens with one attached hydrogen (secondary N) is 1. The van der Waals surface area contributed by atoms with Gasteiger partial charge in [0.1, 0.15) is 11.5 Å². The zero-order chi connectivity index (χ0) is 27.5. The minimum Gasteiger partial charge on any atom is -0.508 e. The third-order valence-electron chi connectivity index (χ3n) is 6.63. The van der Waals surface area contributed by atoms with Crippen LogP contribution in [0.5, 0.6) is 11.5 Å². The molecule has 1 amide bonds. The van der Waals surface area contributed by atoms with Gasteiger partial charge in [-0.15, -0.1) is 0 Å². The number of phenolic OH excluding ortho intramolecular Hbond substituents is 1. The molecule has 0 bridgehead atoms. The summed E-state index contributed by atoms with van der Waals surface area (Å²) in [5, 5.41) is 22.0. The van der Waals surface area contributed by atoms with E-state index in [0.29, 0.717) is 37.1 Å². The molecular weight excluding hydrogens is 490 g/mol. The summed E-state index contributed by atoms with van der Waals surface area (Å²) in [6, 6.07) is 32.9. The van der Waals surface area contributed by atoms with Gasteiger partial charge in [-0.05, 0) is 78.3 Å². The molecule has 0 unspecified atom stereocenters. The topological polar surface area (TPSA) is 95.9 Å². The molecule has 0 aliphatic rings. The molecule has 39 heavy (non-hydrogen) atoms. The summed E-state index contributed by atoms with van der Waals surface area (Å²) in [5.41, 5.74) is 4.81. The van der Waals surface area contributed by atoms with Crippen LogP contribution in [-0.2, 0) is 17.6 Å². The van der Waals surface area contributed by atoms with Gasteiger partial charge < -0.3 is 20.3 Å². The molecule has 0 heterocycles. The number of aliphatic carboxylic acids is 1. The second kappa shape index (κ2) is 13.8. The first-order chi connectivity index (χ1) is 19.0. The number of hydrogen-bond acceptors (Lipinski definition) is 4. The molecule has 0 spiro atoms. The van der Waals surface area contributed by atoms with Crippen LogP contribution in [0.3, 0.4) is 0 Å². The summed E-state index contributed by atoms with van der Waals surface area (Å²) in [6.45, 7) is 0.0991. The number of ether oxygens (including phenoxy) is 1. The Morgan fingerprint density at radius 2 is 1.49 bits per heavy atom. The summed E-state index contributed by atoms with van der Waals surface area (Å²) in [4.78, 5) is 23.8. The van der Waals surface area contributed by atoms with E-state index in [4.69, 9.17) is 9.84 Å². The van der Waals surface area contributed by atoms with Crippen molar-refractivity contribution in [3.63, 3.8) is 0 Å². The smallest absolute Gasteiger partial charge is 0.341 e. The zero-order valence-electron chi connectivity index (χ0n) is 21.8. The van der Waals surface area contributed by atoms with Gasteiger partial charge in [0.15, 0.2) is 6.61 Å². The highest BCUT2D eigenvalue weighted by Gasteiger charge is 2.17. The number of hydrogen-bond donors (Lipinski definition) is 3. The van der Waals surface area contributed by atoms with Crippen molar-refractivity contribution in [2.45, 2.75) is 31.6 Å². The quantitative estimate of drug-likeness (QED) is 0.187. The number of aromatic hydroxyl groups is 1. The van der Waals surface area contributed by atoms with Gasteiger partial charge in [-0.1, -0.05) is 72.8 Å². The summed E-state index contributed by atoms with van der Waals surface area (Å²) >= 11 is 0. The average molecular weight is 524 g/mol. The summed E-state index contributed by atoms with van der Waals surface area (Å²) in [7, 11) is 0. The summed E-state index contributed by atoms with van der Waals surface area (Å²) < 4.78 is 5.24. The molecule has 6 nitrogen and oxygen atoms in total. The van der Waals surface area contributed by atoms with Crippen molar-refractivity contribution in [1.29, 1.82) is 0 Å². The maximum absolute atomic E-state index is 13.1. The van der Waals surface area contributed by atoms with Crippen molar-refractivity contribution >= 4 is 11.9 Å². The molecule has 0 aromatic heterocycles. The molecule has 0 fully saturated rings. The molecule has 200 valence electrons. The molecule has 4 aromatic carbocycles. The van der Waals surface area contributed by atoms with E-state index in [1.165, 1.54) is 11.1 Å². The second-order valence-electron chi connectivity index (χ2n) is 9.44. The maximum atomic E-state index is 13.1. The van der Waals surface area contributed by atoms with Crippen LogP contribution >= 0.6 is 0 Å². The molecule has 0 aliphatic carbocycles. The van der Waals surface area contributed by atoms with Gasteiger partial charge in [-0.25, -0.2) is 4.79 Å². The van der Waals surface area contributed by atoms with Gasteiger partial charge in [0.05, 0.1) is 0 Å². The fraction of sp³-hybridized carbons (Fsp3) is 0.212. The van der Waals surface area contributed by atoms with Crippen molar-refractivity contribution in [3.05, 3.63) is 131 Å². The molecule has 0 saturated heterocycles. The molecule has 4 rings (SSSR count). The summed E-state index contributed by atoms with van der Waals surface area (Å²) in [6.07, 6.45) is 2.85. The van der Waals surface area contributed by atoms with Gasteiger partial charge in [-0.2, -0.15) is 0 Å². The number of carbonyl (C=O) groups excluding carboxylic acids is 1. The summed E-state index contributed by atoms with van der Waals surface area (Å²) in [5.74, 6) is -0.368. The third-order valence-corrected chi connectivity index (χ3v) is 6.63. The van der Waals surface area contributed by atoms with Gasteiger partial charge in [0.25, 0.3) is 5.91 Å². The Morgan fingerprint density at radius 1 is 0.795 bits per heavy atom. The number of aryl methyl sites for hydroxylation is 2. The number of carboxylic acids is 1. The Morgan fingerprint density at radius 3 is 2.15 bits per heavy atom. The van der Waals surface area contributed by atoms with Gasteiger partial charge in [0, 0.05) is 18.0 Å². The highest BCUT2D eigenvalue weighted by Crippen LogP contribution is 2.30. The van der Waals surface area contributed by atoms with Crippen LogP contribution in [0.25, 0.3) is 0 Å². The molecule has 0 aliphatic heterocycles. The predicted octanol–water partition coefficient (Wildman–Crippen LogP) is 5.98. The first kappa shape index (κ1) is 27.5. The Bertz CT molecular complexity index is 1330. The Kier molecular flexibility index (Phi) is 9.73. The largest absolute Gasteiger partial charge is 0.508 e. The lowest BCUT2D eigenvalue weighted by molar-refractivity contribution is -0.139. The number of phenols is 1. The molecule has 3 N–H and O–H groups in total. The molecular formula is C33H33NO5. The molecule has 6 heteroatoms. The SMILES string of the molecule is O=C(O)COc1cccc(CCCNC(=O)c2ccc(O)cc2CCC(c2ccccc2)c2ccccc2)c1. The van der Waals surface area contributed by atoms with Crippen LogP contribution < -0.4 is 10.1 Å². The second-order valence-corrected chi connectivity index (χ2v) is 9.44. The lowest BCUT2D eigenvalue weighted by Gasteiger charge is -2.19. The third kappa shape index (κ3) is 8.20. The van der Waals surface area contributed by atoms with E-state index in [-0.39, 0.29) is 24.2 Å². The number of rotatable bonds is 13. The van der Waals surface area contributed by atoms with Crippen LogP contribution in [0, 0.1) is 0 Å². The fourth-order valence-electron chi connectivity index (χ4n) is 4.73.